The van der Waals surface area contributed by atoms with Crippen molar-refractivity contribution in [3.8, 4) is 0 Å². The van der Waals surface area contributed by atoms with Gasteiger partial charge in [0.2, 0.25) is 5.91 Å². The van der Waals surface area contributed by atoms with Crippen LogP contribution in [0.25, 0.3) is 10.9 Å². The number of hydrogen-bond acceptors (Lipinski definition) is 7. The van der Waals surface area contributed by atoms with E-state index >= 15 is 0 Å². The zero-order valence-corrected chi connectivity index (χ0v) is 18.2. The number of rotatable bonds is 6. The van der Waals surface area contributed by atoms with E-state index in [-0.39, 0.29) is 23.5 Å². The van der Waals surface area contributed by atoms with Crippen molar-refractivity contribution in [2.45, 2.75) is 26.8 Å². The molecular weight excluding hydrogens is 430 g/mol. The van der Waals surface area contributed by atoms with E-state index < -0.39 is 10.5 Å². The van der Waals surface area contributed by atoms with E-state index in [4.69, 9.17) is 0 Å². The number of amides is 1. The van der Waals surface area contributed by atoms with Crippen LogP contribution in [0, 0.1) is 10.1 Å². The lowest BCUT2D eigenvalue weighted by Crippen LogP contribution is -2.24. The van der Waals surface area contributed by atoms with Crippen molar-refractivity contribution in [2.75, 3.05) is 4.90 Å². The molecule has 0 bridgehead atoms. The normalized spacial score (nSPS) is 10.9. The van der Waals surface area contributed by atoms with Gasteiger partial charge < -0.3 is 0 Å². The Morgan fingerprint density at radius 2 is 2.03 bits per heavy atom. The van der Waals surface area contributed by atoms with Gasteiger partial charge in [-0.05, 0) is 24.1 Å². The van der Waals surface area contributed by atoms with Gasteiger partial charge in [0.25, 0.3) is 11.2 Å². The Hall–Kier alpha value is -3.92. The number of hydrogen-bond donors (Lipinski definition) is 0. The van der Waals surface area contributed by atoms with Gasteiger partial charge in [0.05, 0.1) is 40.1 Å². The number of carbonyl (C=O) groups is 1. The van der Waals surface area contributed by atoms with Gasteiger partial charge in [-0.15, -0.1) is 11.3 Å². The summed E-state index contributed by atoms with van der Waals surface area (Å²) in [5.41, 5.74) is 2.20. The highest BCUT2D eigenvalue weighted by atomic mass is 32.1. The van der Waals surface area contributed by atoms with Gasteiger partial charge in [-0.3, -0.25) is 29.2 Å². The highest BCUT2D eigenvalue weighted by molar-refractivity contribution is 7.14. The molecule has 1 amide bonds. The van der Waals surface area contributed by atoms with Crippen LogP contribution in [0.4, 0.5) is 16.5 Å². The number of aryl methyl sites for hydroxylation is 1. The van der Waals surface area contributed by atoms with Crippen molar-refractivity contribution >= 4 is 44.7 Å². The van der Waals surface area contributed by atoms with Gasteiger partial charge >= 0.3 is 0 Å². The zero-order valence-electron chi connectivity index (χ0n) is 17.4. The number of benzene rings is 2. The summed E-state index contributed by atoms with van der Waals surface area (Å²) in [6, 6.07) is 11.7. The van der Waals surface area contributed by atoms with Crippen LogP contribution in [-0.4, -0.2) is 25.4 Å². The van der Waals surface area contributed by atoms with Crippen LogP contribution in [0.1, 0.15) is 25.1 Å². The molecule has 162 valence electrons. The molecule has 0 unspecified atom stereocenters. The zero-order chi connectivity index (χ0) is 22.8. The first kappa shape index (κ1) is 21.3. The maximum Gasteiger partial charge on any atom is 0.270 e. The van der Waals surface area contributed by atoms with Gasteiger partial charge in [0.1, 0.15) is 0 Å². The molecular formula is C22H19N5O4S. The predicted molar refractivity (Wildman–Crippen MR) is 123 cm³/mol. The summed E-state index contributed by atoms with van der Waals surface area (Å²) in [6.45, 7) is 3.63. The lowest BCUT2D eigenvalue weighted by Gasteiger charge is -2.21. The third-order valence-corrected chi connectivity index (χ3v) is 5.88. The Morgan fingerprint density at radius 1 is 1.25 bits per heavy atom. The van der Waals surface area contributed by atoms with Gasteiger partial charge in [0, 0.05) is 24.4 Å². The molecule has 0 saturated heterocycles. The number of carbonyl (C=O) groups excluding carboxylic acids is 1. The molecule has 10 heteroatoms. The minimum atomic E-state index is -0.548. The van der Waals surface area contributed by atoms with E-state index in [0.29, 0.717) is 16.3 Å². The molecule has 9 nitrogen and oxygen atoms in total. The maximum atomic E-state index is 12.9. The molecule has 0 aliphatic rings. The second-order valence-corrected chi connectivity index (χ2v) is 7.93. The summed E-state index contributed by atoms with van der Waals surface area (Å²) in [7, 11) is 0. The number of nitrogens with zero attached hydrogens (tertiary/aromatic N) is 5. The molecule has 2 heterocycles. The van der Waals surface area contributed by atoms with E-state index in [1.54, 1.807) is 10.3 Å². The van der Waals surface area contributed by atoms with Gasteiger partial charge in [-0.1, -0.05) is 25.1 Å². The van der Waals surface area contributed by atoms with Crippen molar-refractivity contribution in [1.29, 1.82) is 0 Å². The molecule has 0 fully saturated rings. The van der Waals surface area contributed by atoms with E-state index in [1.165, 1.54) is 47.4 Å². The molecule has 0 aliphatic carbocycles. The van der Waals surface area contributed by atoms with Crippen LogP contribution in [0.15, 0.2) is 59.0 Å². The summed E-state index contributed by atoms with van der Waals surface area (Å²) < 4.78 is 1.35. The number of nitro groups is 1. The second kappa shape index (κ2) is 8.67. The van der Waals surface area contributed by atoms with E-state index in [0.717, 1.165) is 17.7 Å². The third kappa shape index (κ3) is 4.00. The first-order valence-electron chi connectivity index (χ1n) is 9.85. The average Bonchev–Trinajstić information content (AvgIpc) is 3.23. The highest BCUT2D eigenvalue weighted by Gasteiger charge is 2.20. The lowest BCUT2D eigenvalue weighted by molar-refractivity contribution is -0.384. The van der Waals surface area contributed by atoms with Crippen LogP contribution in [-0.2, 0) is 17.8 Å². The Balaban J connectivity index is 1.69. The minimum Gasteiger partial charge on any atom is -0.293 e. The van der Waals surface area contributed by atoms with Crippen LogP contribution in [0.3, 0.4) is 0 Å². The van der Waals surface area contributed by atoms with Crippen molar-refractivity contribution in [3.63, 3.8) is 0 Å². The monoisotopic (exact) mass is 449 g/mol. The molecule has 0 saturated carbocycles. The lowest BCUT2D eigenvalue weighted by atomic mass is 10.1. The number of para-hydroxylation sites is 1. The van der Waals surface area contributed by atoms with E-state index in [9.17, 15) is 19.7 Å². The third-order valence-electron chi connectivity index (χ3n) is 5.01. The van der Waals surface area contributed by atoms with E-state index in [2.05, 4.69) is 9.97 Å². The van der Waals surface area contributed by atoms with Crippen molar-refractivity contribution < 1.29 is 9.72 Å². The van der Waals surface area contributed by atoms with Crippen LogP contribution < -0.4 is 10.5 Å². The molecule has 0 N–H and O–H groups in total. The number of thiazole rings is 1. The SMILES string of the molecule is CCc1ccccc1N(C(C)=O)c1nc(Cn2cnc3ccc([N+](=O)[O-])cc3c2=O)cs1. The average molecular weight is 449 g/mol. The largest absolute Gasteiger partial charge is 0.293 e. The first-order chi connectivity index (χ1) is 15.4. The Morgan fingerprint density at radius 3 is 2.75 bits per heavy atom. The smallest absolute Gasteiger partial charge is 0.270 e. The summed E-state index contributed by atoms with van der Waals surface area (Å²) in [4.78, 5) is 46.2. The van der Waals surface area contributed by atoms with Gasteiger partial charge in [0.15, 0.2) is 5.13 Å². The molecule has 32 heavy (non-hydrogen) atoms. The minimum absolute atomic E-state index is 0.127. The fourth-order valence-electron chi connectivity index (χ4n) is 3.45. The number of nitro benzene ring substituents is 1. The summed E-state index contributed by atoms with van der Waals surface area (Å²) >= 11 is 1.30. The topological polar surface area (TPSA) is 111 Å². The fraction of sp³-hybridized carbons (Fsp3) is 0.182. The molecule has 2 aromatic heterocycles. The molecule has 0 spiro atoms. The predicted octanol–water partition coefficient (Wildman–Crippen LogP) is 4.06. The maximum absolute atomic E-state index is 12.9. The highest BCUT2D eigenvalue weighted by Crippen LogP contribution is 2.31. The quantitative estimate of drug-likeness (QED) is 0.324. The number of non-ortho nitro benzene ring substituents is 1. The van der Waals surface area contributed by atoms with Crippen molar-refractivity contribution in [3.05, 3.63) is 85.9 Å². The Kier molecular flexibility index (Phi) is 5.78. The second-order valence-electron chi connectivity index (χ2n) is 7.09. The van der Waals surface area contributed by atoms with Gasteiger partial charge in [-0.2, -0.15) is 0 Å². The summed E-state index contributed by atoms with van der Waals surface area (Å²) in [5, 5.41) is 13.5. The molecule has 0 atom stereocenters. The van der Waals surface area contributed by atoms with Crippen molar-refractivity contribution in [1.82, 2.24) is 14.5 Å². The summed E-state index contributed by atoms with van der Waals surface area (Å²) in [6.07, 6.45) is 2.16. The number of fused-ring (bicyclic) bond motifs is 1. The van der Waals surface area contributed by atoms with Crippen molar-refractivity contribution in [2.24, 2.45) is 0 Å². The van der Waals surface area contributed by atoms with Crippen LogP contribution in [0.2, 0.25) is 0 Å². The van der Waals surface area contributed by atoms with E-state index in [1.807, 2.05) is 31.2 Å². The van der Waals surface area contributed by atoms with Crippen LogP contribution >= 0.6 is 11.3 Å². The fourth-order valence-corrected chi connectivity index (χ4v) is 4.33. The summed E-state index contributed by atoms with van der Waals surface area (Å²) in [5.74, 6) is -0.163. The van der Waals surface area contributed by atoms with Crippen LogP contribution in [0.5, 0.6) is 0 Å². The molecule has 4 aromatic rings. The molecule has 4 rings (SSSR count). The number of aromatic nitrogens is 3. The van der Waals surface area contributed by atoms with Gasteiger partial charge in [-0.25, -0.2) is 9.97 Å². The molecule has 0 radical (unpaired) electrons. The first-order valence-corrected chi connectivity index (χ1v) is 10.7. The molecule has 0 aliphatic heterocycles. The Bertz CT molecular complexity index is 1390. The standard InChI is InChI=1S/C22H19N5O4S/c1-3-15-6-4-5-7-20(15)26(14(2)28)22-24-16(12-32-22)11-25-13-23-19-9-8-17(27(30)31)10-18(19)21(25)29/h4-10,12-13H,3,11H2,1-2H3. The Labute approximate surface area is 186 Å². The molecule has 2 aromatic carbocycles. The number of anilines is 2.